The number of sulfone groups is 1. The number of ketones is 1. The van der Waals surface area contributed by atoms with Crippen molar-refractivity contribution in [2.45, 2.75) is 68.3 Å². The average molecular weight is 570 g/mol. The maximum atomic E-state index is 12.3. The summed E-state index contributed by atoms with van der Waals surface area (Å²) < 4.78 is 23.7. The molecule has 6 nitrogen and oxygen atoms in total. The van der Waals surface area contributed by atoms with Gasteiger partial charge >= 0.3 is 0 Å². The van der Waals surface area contributed by atoms with E-state index >= 15 is 0 Å². The molecule has 0 spiro atoms. The van der Waals surface area contributed by atoms with E-state index in [1.807, 2.05) is 18.2 Å². The van der Waals surface area contributed by atoms with Gasteiger partial charge in [-0.3, -0.25) is 4.79 Å². The lowest BCUT2D eigenvalue weighted by atomic mass is 9.51. The molecule has 2 N–H and O–H groups in total. The molecule has 41 heavy (non-hydrogen) atoms. The van der Waals surface area contributed by atoms with Crippen LogP contribution in [0.25, 0.3) is 0 Å². The predicted octanol–water partition coefficient (Wildman–Crippen LogP) is 5.58. The van der Waals surface area contributed by atoms with Gasteiger partial charge in [0.05, 0.1) is 11.1 Å². The lowest BCUT2D eigenvalue weighted by Crippen LogP contribution is -2.51. The van der Waals surface area contributed by atoms with E-state index in [0.717, 1.165) is 43.2 Å². The zero-order chi connectivity index (χ0) is 29.0. The molecule has 4 aliphatic rings. The van der Waals surface area contributed by atoms with Crippen LogP contribution in [0, 0.1) is 29.1 Å². The highest BCUT2D eigenvalue weighted by atomic mass is 32.2. The number of carbonyl (C=O) groups excluding carboxylic acids is 1. The maximum Gasteiger partial charge on any atom is 0.175 e. The molecular weight excluding hydrogens is 534 g/mol. The summed E-state index contributed by atoms with van der Waals surface area (Å²) in [5.41, 5.74) is 4.97. The van der Waals surface area contributed by atoms with E-state index in [1.54, 1.807) is 24.3 Å². The van der Waals surface area contributed by atoms with Crippen LogP contribution in [0.3, 0.4) is 0 Å². The van der Waals surface area contributed by atoms with Crippen LogP contribution in [0.2, 0.25) is 0 Å². The predicted molar refractivity (Wildman–Crippen MR) is 157 cm³/mol. The number of nitrogens with zero attached hydrogens (tertiary/aromatic N) is 1. The van der Waals surface area contributed by atoms with Crippen molar-refractivity contribution in [3.05, 3.63) is 88.0 Å². The van der Waals surface area contributed by atoms with Gasteiger partial charge in [-0.2, -0.15) is 0 Å². The Morgan fingerprint density at radius 2 is 1.76 bits per heavy atom. The molecule has 3 unspecified atom stereocenters. The third-order valence-electron chi connectivity index (χ3n) is 10.1. The number of carbonyl (C=O) groups is 1. The van der Waals surface area contributed by atoms with E-state index in [9.17, 15) is 18.3 Å². The summed E-state index contributed by atoms with van der Waals surface area (Å²) in [6.07, 6.45) is 9.82. The lowest BCUT2D eigenvalue weighted by molar-refractivity contribution is -0.114. The minimum absolute atomic E-state index is 0.0775. The summed E-state index contributed by atoms with van der Waals surface area (Å²) >= 11 is 0. The van der Waals surface area contributed by atoms with Crippen molar-refractivity contribution in [1.82, 2.24) is 0 Å². The first-order valence-electron chi connectivity index (χ1n) is 14.3. The Bertz CT molecular complexity index is 1660. The number of hydrogen-bond donors (Lipinski definition) is 2. The minimum atomic E-state index is -3.29. The topological polar surface area (TPSA) is 104 Å². The van der Waals surface area contributed by atoms with Gasteiger partial charge in [0.25, 0.3) is 0 Å². The molecule has 0 bridgehead atoms. The summed E-state index contributed by atoms with van der Waals surface area (Å²) in [5, 5.41) is 24.4. The number of aliphatic hydroxyl groups is 1. The van der Waals surface area contributed by atoms with Crippen LogP contribution in [0.4, 0.5) is 0 Å². The van der Waals surface area contributed by atoms with Crippen molar-refractivity contribution < 1.29 is 23.5 Å². The van der Waals surface area contributed by atoms with Crippen LogP contribution in [0.15, 0.2) is 81.4 Å². The Balaban J connectivity index is 1.42. The van der Waals surface area contributed by atoms with Gasteiger partial charge in [0, 0.05) is 29.6 Å². The van der Waals surface area contributed by atoms with E-state index in [4.69, 9.17) is 5.21 Å². The third kappa shape index (κ3) is 4.77. The number of hydrogen-bond acceptors (Lipinski definition) is 6. The molecule has 2 aromatic rings. The number of oxime groups is 1. The van der Waals surface area contributed by atoms with Gasteiger partial charge in [-0.25, -0.2) is 8.42 Å². The largest absolute Gasteiger partial charge is 0.411 e. The van der Waals surface area contributed by atoms with Crippen LogP contribution >= 0.6 is 0 Å². The quantitative estimate of drug-likeness (QED) is 0.217. The summed E-state index contributed by atoms with van der Waals surface area (Å²) in [4.78, 5) is 12.5. The molecule has 4 aliphatic carbocycles. The molecule has 6 rings (SSSR count). The van der Waals surface area contributed by atoms with Gasteiger partial charge in [0.1, 0.15) is 5.60 Å². The van der Waals surface area contributed by atoms with Gasteiger partial charge in [-0.15, -0.1) is 0 Å². The van der Waals surface area contributed by atoms with Crippen molar-refractivity contribution in [2.75, 3.05) is 6.26 Å². The molecule has 212 valence electrons. The standard InChI is InChI=1S/C34H35NO5S/c1-33-20-30(24-7-3-23(4-8-24)21-35-38)32-28-14-10-26(36)19-25(28)9-13-29(32)31(33)16-18-34(33,37)17-15-22-5-11-27(12-6-22)41(2,39)40/h3-8,11-12,19,21,29-31,37-38H,9-10,13-14,16,18,20H2,1-2H3/b35-21+/t29?,30?,31?,33-,34-/m0/s1. The van der Waals surface area contributed by atoms with E-state index in [0.29, 0.717) is 24.3 Å². The zero-order valence-corrected chi connectivity index (χ0v) is 24.2. The smallest absolute Gasteiger partial charge is 0.175 e. The van der Waals surface area contributed by atoms with Gasteiger partial charge in [0.15, 0.2) is 15.6 Å². The summed E-state index contributed by atoms with van der Waals surface area (Å²) in [6, 6.07) is 14.6. The number of benzene rings is 2. The van der Waals surface area contributed by atoms with Gasteiger partial charge in [0.2, 0.25) is 0 Å². The second kappa shape index (κ2) is 10.1. The highest BCUT2D eigenvalue weighted by molar-refractivity contribution is 7.90. The fraction of sp³-hybridized carbons (Fsp3) is 0.412. The van der Waals surface area contributed by atoms with E-state index in [1.165, 1.54) is 29.2 Å². The highest BCUT2D eigenvalue weighted by Gasteiger charge is 2.62. The van der Waals surface area contributed by atoms with E-state index < -0.39 is 20.9 Å². The molecule has 5 atom stereocenters. The molecule has 7 heteroatoms. The fourth-order valence-electron chi connectivity index (χ4n) is 8.01. The van der Waals surface area contributed by atoms with Crippen LogP contribution in [0.1, 0.15) is 74.5 Å². The number of rotatable bonds is 3. The van der Waals surface area contributed by atoms with Crippen molar-refractivity contribution in [1.29, 1.82) is 0 Å². The van der Waals surface area contributed by atoms with Crippen molar-refractivity contribution in [2.24, 2.45) is 22.4 Å². The molecule has 0 amide bonds. The minimum Gasteiger partial charge on any atom is -0.411 e. The lowest BCUT2D eigenvalue weighted by Gasteiger charge is -2.53. The highest BCUT2D eigenvalue weighted by Crippen LogP contribution is 2.66. The van der Waals surface area contributed by atoms with E-state index in [-0.39, 0.29) is 22.5 Å². The zero-order valence-electron chi connectivity index (χ0n) is 23.4. The maximum absolute atomic E-state index is 12.3. The molecule has 0 radical (unpaired) electrons. The fourth-order valence-corrected chi connectivity index (χ4v) is 8.64. The number of fused-ring (bicyclic) bond motifs is 4. The molecular formula is C34H35NO5S. The third-order valence-corrected chi connectivity index (χ3v) is 11.3. The molecule has 2 fully saturated rings. The normalized spacial score (nSPS) is 31.1. The van der Waals surface area contributed by atoms with Crippen molar-refractivity contribution in [3.8, 4) is 11.8 Å². The Morgan fingerprint density at radius 3 is 2.44 bits per heavy atom. The molecule has 0 aromatic heterocycles. The first-order valence-corrected chi connectivity index (χ1v) is 16.2. The Labute approximate surface area is 241 Å². The van der Waals surface area contributed by atoms with Crippen molar-refractivity contribution in [3.63, 3.8) is 0 Å². The Hall–Kier alpha value is -3.47. The second-order valence-electron chi connectivity index (χ2n) is 12.4. The van der Waals surface area contributed by atoms with Gasteiger partial charge in [-0.1, -0.05) is 53.8 Å². The first kappa shape index (κ1) is 27.7. The molecule has 2 aromatic carbocycles. The SMILES string of the molecule is C[C@]12CC(c3ccc(/C=N/O)cc3)C3=C4CCC(=O)C=C4CCC3C1CC[C@@]2(O)C#Cc1ccc(S(C)(=O)=O)cc1. The van der Waals surface area contributed by atoms with Crippen LogP contribution in [-0.4, -0.2) is 42.6 Å². The van der Waals surface area contributed by atoms with Gasteiger partial charge < -0.3 is 10.3 Å². The van der Waals surface area contributed by atoms with E-state index in [2.05, 4.69) is 36.1 Å². The summed E-state index contributed by atoms with van der Waals surface area (Å²) in [5.74, 6) is 7.30. The average Bonchev–Trinajstić information content (AvgIpc) is 3.22. The summed E-state index contributed by atoms with van der Waals surface area (Å²) in [7, 11) is -3.29. The van der Waals surface area contributed by atoms with Crippen molar-refractivity contribution >= 4 is 21.8 Å². The first-order chi connectivity index (χ1) is 19.5. The molecule has 0 saturated heterocycles. The molecule has 2 saturated carbocycles. The number of allylic oxidation sites excluding steroid dienone is 4. The Kier molecular flexibility index (Phi) is 6.83. The monoisotopic (exact) mass is 569 g/mol. The molecule has 0 aliphatic heterocycles. The van der Waals surface area contributed by atoms with Crippen LogP contribution in [-0.2, 0) is 14.6 Å². The molecule has 0 heterocycles. The summed E-state index contributed by atoms with van der Waals surface area (Å²) in [6.45, 7) is 2.20. The van der Waals surface area contributed by atoms with Crippen LogP contribution in [0.5, 0.6) is 0 Å². The second-order valence-corrected chi connectivity index (χ2v) is 14.4. The van der Waals surface area contributed by atoms with Gasteiger partial charge in [-0.05, 0) is 103 Å². The van der Waals surface area contributed by atoms with Crippen LogP contribution < -0.4 is 0 Å². The Morgan fingerprint density at radius 1 is 1.02 bits per heavy atom.